The molecule has 0 radical (unpaired) electrons. The number of ether oxygens (including phenoxy) is 1. The molecule has 1 aromatic carbocycles. The Morgan fingerprint density at radius 3 is 3.07 bits per heavy atom. The standard InChI is InChI=1S/C12H11NOS/c1-8-6-13-12(15-8)10-7-14-11-5-3-2-4-9(10)11/h2-6,10H,7H2,1H3. The third kappa shape index (κ3) is 1.43. The zero-order valence-corrected chi connectivity index (χ0v) is 9.25. The van der Waals surface area contributed by atoms with Gasteiger partial charge in [0.25, 0.3) is 0 Å². The lowest BCUT2D eigenvalue weighted by Crippen LogP contribution is -2.01. The summed E-state index contributed by atoms with van der Waals surface area (Å²) in [6.45, 7) is 2.81. The second-order valence-electron chi connectivity index (χ2n) is 3.71. The minimum absolute atomic E-state index is 0.333. The van der Waals surface area contributed by atoms with Crippen LogP contribution in [0.4, 0.5) is 0 Å². The molecule has 1 aliphatic heterocycles. The first kappa shape index (κ1) is 8.92. The molecule has 1 aliphatic rings. The van der Waals surface area contributed by atoms with E-state index >= 15 is 0 Å². The number of aromatic nitrogens is 1. The second-order valence-corrected chi connectivity index (χ2v) is 4.98. The first-order valence-electron chi connectivity index (χ1n) is 4.98. The summed E-state index contributed by atoms with van der Waals surface area (Å²) in [5.41, 5.74) is 1.27. The zero-order chi connectivity index (χ0) is 10.3. The molecular weight excluding hydrogens is 206 g/mol. The van der Waals surface area contributed by atoms with Crippen molar-refractivity contribution in [3.05, 3.63) is 45.9 Å². The lowest BCUT2D eigenvalue weighted by atomic mass is 10.0. The average molecular weight is 217 g/mol. The number of para-hydroxylation sites is 1. The highest BCUT2D eigenvalue weighted by Crippen LogP contribution is 2.38. The maximum Gasteiger partial charge on any atom is 0.123 e. The molecule has 15 heavy (non-hydrogen) atoms. The van der Waals surface area contributed by atoms with Gasteiger partial charge in [0, 0.05) is 16.6 Å². The van der Waals surface area contributed by atoms with Gasteiger partial charge in [-0.25, -0.2) is 4.98 Å². The van der Waals surface area contributed by atoms with Crippen LogP contribution in [-0.4, -0.2) is 11.6 Å². The van der Waals surface area contributed by atoms with Gasteiger partial charge in [0.1, 0.15) is 17.4 Å². The van der Waals surface area contributed by atoms with Crippen LogP contribution in [0.2, 0.25) is 0 Å². The van der Waals surface area contributed by atoms with Gasteiger partial charge in [-0.1, -0.05) is 18.2 Å². The Morgan fingerprint density at radius 2 is 2.27 bits per heavy atom. The molecule has 2 aromatic rings. The van der Waals surface area contributed by atoms with Gasteiger partial charge in [-0.3, -0.25) is 0 Å². The van der Waals surface area contributed by atoms with E-state index in [-0.39, 0.29) is 0 Å². The molecule has 1 atom stereocenters. The highest BCUT2D eigenvalue weighted by Gasteiger charge is 2.27. The Balaban J connectivity index is 2.04. The van der Waals surface area contributed by atoms with Crippen molar-refractivity contribution in [2.45, 2.75) is 12.8 Å². The molecule has 76 valence electrons. The number of fused-ring (bicyclic) bond motifs is 1. The van der Waals surface area contributed by atoms with E-state index in [4.69, 9.17) is 4.74 Å². The SMILES string of the molecule is Cc1cnc(C2COc3ccccc32)s1. The van der Waals surface area contributed by atoms with Crippen molar-refractivity contribution in [3.8, 4) is 5.75 Å². The van der Waals surface area contributed by atoms with E-state index in [9.17, 15) is 0 Å². The smallest absolute Gasteiger partial charge is 0.123 e. The van der Waals surface area contributed by atoms with E-state index in [1.165, 1.54) is 10.4 Å². The first-order chi connectivity index (χ1) is 7.34. The molecule has 0 saturated carbocycles. The van der Waals surface area contributed by atoms with Crippen LogP contribution < -0.4 is 4.74 Å². The summed E-state index contributed by atoms with van der Waals surface area (Å²) in [5.74, 6) is 1.34. The number of thiazole rings is 1. The summed E-state index contributed by atoms with van der Waals surface area (Å²) in [5, 5.41) is 1.16. The van der Waals surface area contributed by atoms with Crippen molar-refractivity contribution in [2.24, 2.45) is 0 Å². The number of hydrogen-bond acceptors (Lipinski definition) is 3. The summed E-state index contributed by atoms with van der Waals surface area (Å²) in [6, 6.07) is 8.22. The van der Waals surface area contributed by atoms with Crippen molar-refractivity contribution >= 4 is 11.3 Å². The van der Waals surface area contributed by atoms with Gasteiger partial charge < -0.3 is 4.74 Å². The highest BCUT2D eigenvalue weighted by atomic mass is 32.1. The summed E-state index contributed by atoms with van der Waals surface area (Å²) < 4.78 is 5.64. The predicted octanol–water partition coefficient (Wildman–Crippen LogP) is 2.98. The largest absolute Gasteiger partial charge is 0.492 e. The van der Waals surface area contributed by atoms with Gasteiger partial charge in [0.05, 0.1) is 5.92 Å². The molecule has 0 N–H and O–H groups in total. The molecule has 0 bridgehead atoms. The number of rotatable bonds is 1. The van der Waals surface area contributed by atoms with Crippen LogP contribution in [-0.2, 0) is 0 Å². The average Bonchev–Trinajstić information content (AvgIpc) is 2.83. The van der Waals surface area contributed by atoms with Gasteiger partial charge in [-0.2, -0.15) is 0 Å². The molecule has 3 heteroatoms. The van der Waals surface area contributed by atoms with Crippen LogP contribution in [0.5, 0.6) is 5.75 Å². The Bertz CT molecular complexity index is 492. The van der Waals surface area contributed by atoms with Gasteiger partial charge in [-0.15, -0.1) is 11.3 Å². The van der Waals surface area contributed by atoms with Crippen molar-refractivity contribution < 1.29 is 4.74 Å². The van der Waals surface area contributed by atoms with Gasteiger partial charge in [0.15, 0.2) is 0 Å². The van der Waals surface area contributed by atoms with E-state index in [1.807, 2.05) is 18.3 Å². The number of aryl methyl sites for hydroxylation is 1. The van der Waals surface area contributed by atoms with Crippen LogP contribution >= 0.6 is 11.3 Å². The fourth-order valence-corrected chi connectivity index (χ4v) is 2.78. The molecule has 2 nitrogen and oxygen atoms in total. The predicted molar refractivity (Wildman–Crippen MR) is 60.6 cm³/mol. The van der Waals surface area contributed by atoms with E-state index in [2.05, 4.69) is 24.0 Å². The minimum atomic E-state index is 0.333. The molecule has 1 aromatic heterocycles. The van der Waals surface area contributed by atoms with Crippen molar-refractivity contribution in [2.75, 3.05) is 6.61 Å². The molecule has 0 saturated heterocycles. The third-order valence-corrected chi connectivity index (χ3v) is 3.66. The third-order valence-electron chi connectivity index (χ3n) is 2.64. The lowest BCUT2D eigenvalue weighted by molar-refractivity contribution is 0.343. The van der Waals surface area contributed by atoms with Gasteiger partial charge in [0.2, 0.25) is 0 Å². The van der Waals surface area contributed by atoms with Crippen LogP contribution in [0.1, 0.15) is 21.4 Å². The van der Waals surface area contributed by atoms with Crippen molar-refractivity contribution in [1.29, 1.82) is 0 Å². The van der Waals surface area contributed by atoms with Crippen LogP contribution in [0.3, 0.4) is 0 Å². The molecule has 1 unspecified atom stereocenters. The maximum atomic E-state index is 5.64. The summed E-state index contributed by atoms with van der Waals surface area (Å²) >= 11 is 1.76. The van der Waals surface area contributed by atoms with Crippen molar-refractivity contribution in [1.82, 2.24) is 4.98 Å². The molecule has 0 aliphatic carbocycles. The van der Waals surface area contributed by atoms with E-state index in [1.54, 1.807) is 11.3 Å². The summed E-state index contributed by atoms with van der Waals surface area (Å²) in [6.07, 6.45) is 1.93. The Morgan fingerprint density at radius 1 is 1.40 bits per heavy atom. The molecule has 0 fully saturated rings. The second kappa shape index (κ2) is 3.35. The quantitative estimate of drug-likeness (QED) is 0.732. The Labute approximate surface area is 92.6 Å². The van der Waals surface area contributed by atoms with E-state index in [0.717, 1.165) is 17.4 Å². The number of hydrogen-bond donors (Lipinski definition) is 0. The van der Waals surface area contributed by atoms with Gasteiger partial charge >= 0.3 is 0 Å². The summed E-state index contributed by atoms with van der Waals surface area (Å²) in [4.78, 5) is 5.69. The molecule has 0 amide bonds. The van der Waals surface area contributed by atoms with Crippen molar-refractivity contribution in [3.63, 3.8) is 0 Å². The number of benzene rings is 1. The zero-order valence-electron chi connectivity index (χ0n) is 8.43. The monoisotopic (exact) mass is 217 g/mol. The Kier molecular flexibility index (Phi) is 1.99. The van der Waals surface area contributed by atoms with E-state index in [0.29, 0.717) is 5.92 Å². The Hall–Kier alpha value is -1.35. The maximum absolute atomic E-state index is 5.64. The van der Waals surface area contributed by atoms with Gasteiger partial charge in [-0.05, 0) is 13.0 Å². The van der Waals surface area contributed by atoms with Crippen LogP contribution in [0.15, 0.2) is 30.5 Å². The molecular formula is C12H11NOS. The minimum Gasteiger partial charge on any atom is -0.492 e. The molecule has 0 spiro atoms. The molecule has 3 rings (SSSR count). The summed E-state index contributed by atoms with van der Waals surface area (Å²) in [7, 11) is 0. The van der Waals surface area contributed by atoms with E-state index < -0.39 is 0 Å². The topological polar surface area (TPSA) is 22.1 Å². The van der Waals surface area contributed by atoms with Crippen LogP contribution in [0, 0.1) is 6.92 Å². The fraction of sp³-hybridized carbons (Fsp3) is 0.250. The normalized spacial score (nSPS) is 18.6. The fourth-order valence-electron chi connectivity index (χ4n) is 1.90. The highest BCUT2D eigenvalue weighted by molar-refractivity contribution is 7.11. The lowest BCUT2D eigenvalue weighted by Gasteiger charge is -2.03. The molecule has 2 heterocycles. The van der Waals surface area contributed by atoms with Crippen LogP contribution in [0.25, 0.3) is 0 Å². The number of nitrogens with zero attached hydrogens (tertiary/aromatic N) is 1. The first-order valence-corrected chi connectivity index (χ1v) is 5.80.